The maximum atomic E-state index is 12.8. The molecule has 2 aliphatic carbocycles. The van der Waals surface area contributed by atoms with Crippen LogP contribution in [0.5, 0.6) is 0 Å². The number of hydrogen-bond acceptors (Lipinski definition) is 4. The van der Waals surface area contributed by atoms with E-state index in [1.165, 1.54) is 28.7 Å². The van der Waals surface area contributed by atoms with E-state index in [1.807, 2.05) is 0 Å². The van der Waals surface area contributed by atoms with Crippen LogP contribution in [0.2, 0.25) is 0 Å². The minimum absolute atomic E-state index is 0.131. The number of dihydropyridines is 1. The molecule has 172 valence electrons. The minimum Gasteiger partial charge on any atom is -0.304 e. The fourth-order valence-electron chi connectivity index (χ4n) is 5.69. The second-order valence-electron chi connectivity index (χ2n) is 10.2. The summed E-state index contributed by atoms with van der Waals surface area (Å²) in [5.41, 5.74) is 7.49. The lowest BCUT2D eigenvalue weighted by molar-refractivity contribution is 0.256. The molecule has 1 N–H and O–H groups in total. The summed E-state index contributed by atoms with van der Waals surface area (Å²) in [5.74, 6) is 0. The van der Waals surface area contributed by atoms with Crippen molar-refractivity contribution < 1.29 is 4.21 Å². The molecule has 1 aromatic heterocycles. The molecule has 6 heteroatoms. The summed E-state index contributed by atoms with van der Waals surface area (Å²) in [4.78, 5) is 9.21. The lowest BCUT2D eigenvalue weighted by Gasteiger charge is -2.43. The number of aromatic nitrogens is 1. The Morgan fingerprint density at radius 3 is 2.50 bits per heavy atom. The van der Waals surface area contributed by atoms with E-state index in [0.29, 0.717) is 11.3 Å². The van der Waals surface area contributed by atoms with Crippen molar-refractivity contribution in [3.8, 4) is 0 Å². The Morgan fingerprint density at radius 1 is 1.12 bits per heavy atom. The first-order valence-corrected chi connectivity index (χ1v) is 13.4. The zero-order valence-corrected chi connectivity index (χ0v) is 20.5. The number of nitrogens with zero attached hydrogens (tertiary/aromatic N) is 3. The summed E-state index contributed by atoms with van der Waals surface area (Å²) in [6, 6.07) is 4.88. The van der Waals surface area contributed by atoms with Crippen LogP contribution in [-0.4, -0.2) is 56.2 Å². The Bertz CT molecular complexity index is 981. The standard InChI is InChI=1S/C26H36N4OS/c1-18-13-21(14-19(2)28-18)22-15-20-7-10-27-17-25(20)26(3,16-22)29-23-8-11-30(12-9-23)32(31)24-5-4-6-24/h13-15,17,23-24,29H,4-12,16H2,1-3H3. The zero-order chi connectivity index (χ0) is 22.3. The number of rotatable bonds is 5. The van der Waals surface area contributed by atoms with Crippen molar-refractivity contribution in [2.75, 3.05) is 19.6 Å². The second-order valence-corrected chi connectivity index (χ2v) is 12.0. The largest absolute Gasteiger partial charge is 0.304 e. The van der Waals surface area contributed by atoms with E-state index in [4.69, 9.17) is 0 Å². The molecule has 0 bridgehead atoms. The van der Waals surface area contributed by atoms with Crippen LogP contribution in [0, 0.1) is 13.8 Å². The molecule has 4 aliphatic rings. The third kappa shape index (κ3) is 4.42. The molecule has 2 atom stereocenters. The van der Waals surface area contributed by atoms with Crippen molar-refractivity contribution >= 4 is 22.8 Å². The highest BCUT2D eigenvalue weighted by molar-refractivity contribution is 7.83. The molecule has 2 aliphatic heterocycles. The first kappa shape index (κ1) is 22.2. The number of aliphatic imine (C=N–C) groups is 1. The maximum Gasteiger partial charge on any atom is 0.0974 e. The number of aryl methyl sites for hydroxylation is 2. The van der Waals surface area contributed by atoms with Crippen LogP contribution in [-0.2, 0) is 11.0 Å². The van der Waals surface area contributed by atoms with Crippen LogP contribution in [0.25, 0.3) is 5.57 Å². The van der Waals surface area contributed by atoms with E-state index in [1.54, 1.807) is 0 Å². The molecule has 5 rings (SSSR count). The Kier molecular flexibility index (Phi) is 6.21. The topological polar surface area (TPSA) is 57.6 Å². The van der Waals surface area contributed by atoms with Crippen molar-refractivity contribution in [1.82, 2.24) is 14.6 Å². The van der Waals surface area contributed by atoms with Crippen molar-refractivity contribution in [3.63, 3.8) is 0 Å². The van der Waals surface area contributed by atoms with Gasteiger partial charge in [-0.3, -0.25) is 9.98 Å². The van der Waals surface area contributed by atoms with E-state index < -0.39 is 11.0 Å². The number of piperidine rings is 1. The van der Waals surface area contributed by atoms with Gasteiger partial charge in [-0.05, 0) is 93.7 Å². The Morgan fingerprint density at radius 2 is 1.84 bits per heavy atom. The molecule has 0 spiro atoms. The van der Waals surface area contributed by atoms with Crippen molar-refractivity contribution in [3.05, 3.63) is 46.3 Å². The summed E-state index contributed by atoms with van der Waals surface area (Å²) < 4.78 is 15.0. The zero-order valence-electron chi connectivity index (χ0n) is 19.7. The highest BCUT2D eigenvalue weighted by atomic mass is 32.2. The van der Waals surface area contributed by atoms with Crippen LogP contribution in [0.15, 0.2) is 34.3 Å². The van der Waals surface area contributed by atoms with Crippen LogP contribution in [0.3, 0.4) is 0 Å². The summed E-state index contributed by atoms with van der Waals surface area (Å²) in [6.45, 7) is 9.25. The Labute approximate surface area is 195 Å². The molecule has 3 heterocycles. The molecule has 2 fully saturated rings. The van der Waals surface area contributed by atoms with Gasteiger partial charge in [0.25, 0.3) is 0 Å². The first-order valence-electron chi connectivity index (χ1n) is 12.2. The number of hydrogen-bond donors (Lipinski definition) is 1. The molecular weight excluding hydrogens is 416 g/mol. The average Bonchev–Trinajstić information content (AvgIpc) is 2.72. The number of nitrogens with one attached hydrogen (secondary N) is 1. The summed E-state index contributed by atoms with van der Waals surface area (Å²) in [6.07, 6.45) is 12.1. The molecule has 1 aromatic rings. The number of allylic oxidation sites excluding steroid dienone is 1. The van der Waals surface area contributed by atoms with Crippen LogP contribution >= 0.6 is 0 Å². The van der Waals surface area contributed by atoms with Gasteiger partial charge in [-0.1, -0.05) is 12.5 Å². The lowest BCUT2D eigenvalue weighted by Crippen LogP contribution is -2.55. The number of pyridine rings is 1. The van der Waals surface area contributed by atoms with Gasteiger partial charge in [0.2, 0.25) is 0 Å². The van der Waals surface area contributed by atoms with Crippen LogP contribution < -0.4 is 5.32 Å². The predicted octanol–water partition coefficient (Wildman–Crippen LogP) is 4.29. The van der Waals surface area contributed by atoms with E-state index in [2.05, 4.69) is 64.8 Å². The molecule has 0 aromatic carbocycles. The molecule has 2 unspecified atom stereocenters. The van der Waals surface area contributed by atoms with Crippen molar-refractivity contribution in [1.29, 1.82) is 0 Å². The summed E-state index contributed by atoms with van der Waals surface area (Å²) in [5, 5.41) is 4.47. The molecule has 0 amide bonds. The van der Waals surface area contributed by atoms with Gasteiger partial charge in [0.05, 0.1) is 11.0 Å². The second kappa shape index (κ2) is 8.96. The fourth-order valence-corrected chi connectivity index (χ4v) is 7.42. The van der Waals surface area contributed by atoms with Gasteiger partial charge in [0, 0.05) is 54.1 Å². The molecule has 1 saturated carbocycles. The quantitative estimate of drug-likeness (QED) is 0.725. The average molecular weight is 453 g/mol. The van der Waals surface area contributed by atoms with Gasteiger partial charge in [-0.15, -0.1) is 0 Å². The minimum atomic E-state index is -0.778. The third-order valence-corrected chi connectivity index (χ3v) is 9.50. The monoisotopic (exact) mass is 452 g/mol. The molecular formula is C26H36N4OS. The highest BCUT2D eigenvalue weighted by Gasteiger charge is 2.38. The molecule has 32 heavy (non-hydrogen) atoms. The van der Waals surface area contributed by atoms with Gasteiger partial charge in [0.15, 0.2) is 0 Å². The van der Waals surface area contributed by atoms with E-state index >= 15 is 0 Å². The smallest absolute Gasteiger partial charge is 0.0974 e. The maximum absolute atomic E-state index is 12.8. The van der Waals surface area contributed by atoms with Gasteiger partial charge in [-0.25, -0.2) is 8.51 Å². The molecule has 1 saturated heterocycles. The van der Waals surface area contributed by atoms with Gasteiger partial charge >= 0.3 is 0 Å². The van der Waals surface area contributed by atoms with Gasteiger partial charge in [0.1, 0.15) is 0 Å². The third-order valence-electron chi connectivity index (χ3n) is 7.58. The Balaban J connectivity index is 1.34. The first-order chi connectivity index (χ1) is 15.4. The van der Waals surface area contributed by atoms with E-state index in [9.17, 15) is 4.21 Å². The summed E-state index contributed by atoms with van der Waals surface area (Å²) >= 11 is 0. The van der Waals surface area contributed by atoms with Gasteiger partial charge in [-0.2, -0.15) is 0 Å². The SMILES string of the molecule is Cc1cc(C2=CC3=C(C=NCC3)C(C)(NC3CCN(S(=O)C4CCC4)CC3)C2)cc(C)n1. The van der Waals surface area contributed by atoms with Crippen molar-refractivity contribution in [2.24, 2.45) is 4.99 Å². The molecule has 0 radical (unpaired) electrons. The molecule has 5 nitrogen and oxygen atoms in total. The van der Waals surface area contributed by atoms with E-state index in [-0.39, 0.29) is 5.54 Å². The van der Waals surface area contributed by atoms with E-state index in [0.717, 1.165) is 69.5 Å². The fraction of sp³-hybridized carbons (Fsp3) is 0.615. The predicted molar refractivity (Wildman–Crippen MR) is 133 cm³/mol. The normalized spacial score (nSPS) is 28.3. The highest BCUT2D eigenvalue weighted by Crippen LogP contribution is 2.40. The lowest BCUT2D eigenvalue weighted by atomic mass is 9.74. The van der Waals surface area contributed by atoms with Crippen LogP contribution in [0.1, 0.15) is 68.8 Å². The van der Waals surface area contributed by atoms with Gasteiger partial charge < -0.3 is 5.32 Å². The summed E-state index contributed by atoms with van der Waals surface area (Å²) in [7, 11) is -0.778. The van der Waals surface area contributed by atoms with Crippen molar-refractivity contribution in [2.45, 2.75) is 82.5 Å². The van der Waals surface area contributed by atoms with Crippen LogP contribution in [0.4, 0.5) is 0 Å². The Hall–Kier alpha value is -1.63.